The van der Waals surface area contributed by atoms with Gasteiger partial charge in [-0.1, -0.05) is 0 Å². The molecule has 0 aliphatic carbocycles. The van der Waals surface area contributed by atoms with Gasteiger partial charge in [0, 0.05) is 10.9 Å². The van der Waals surface area contributed by atoms with Crippen molar-refractivity contribution in [2.75, 3.05) is 0 Å². The van der Waals surface area contributed by atoms with E-state index in [1.165, 1.54) is 6.07 Å². The van der Waals surface area contributed by atoms with Crippen molar-refractivity contribution in [3.8, 4) is 0 Å². The number of fused-ring (bicyclic) bond motifs is 1. The van der Waals surface area contributed by atoms with Gasteiger partial charge < -0.3 is 15.9 Å². The molecule has 17 heavy (non-hydrogen) atoms. The van der Waals surface area contributed by atoms with E-state index in [0.717, 1.165) is 5.56 Å². The van der Waals surface area contributed by atoms with Gasteiger partial charge in [-0.05, 0) is 31.5 Å². The molecule has 0 radical (unpaired) electrons. The number of aryl methyl sites for hydroxylation is 2. The molecule has 1 aromatic carbocycles. The maximum absolute atomic E-state index is 11.3. The summed E-state index contributed by atoms with van der Waals surface area (Å²) in [4.78, 5) is 22.5. The fourth-order valence-electron chi connectivity index (χ4n) is 1.76. The molecule has 1 aromatic heterocycles. The van der Waals surface area contributed by atoms with Crippen LogP contribution in [0.1, 0.15) is 32.0 Å². The number of carbonyl (C=O) groups excluding carboxylic acids is 2. The Hall–Kier alpha value is -2.30. The average Bonchev–Trinajstić information content (AvgIpc) is 2.54. The average molecular weight is 232 g/mol. The molecule has 2 amide bonds. The standard InChI is InChI=1S/C12H12N2O3/c1-5-6(2)17-10-8(5)3-7(11(13)15)4-9(10)12(14)16/h3-4H,1-2H3,(H2,13,15)(H2,14,16). The molecule has 4 N–H and O–H groups in total. The van der Waals surface area contributed by atoms with Gasteiger partial charge in [0.25, 0.3) is 5.91 Å². The normalized spacial score (nSPS) is 10.7. The second kappa shape index (κ2) is 3.62. The number of furan rings is 1. The van der Waals surface area contributed by atoms with Gasteiger partial charge in [0.05, 0.1) is 5.56 Å². The summed E-state index contributed by atoms with van der Waals surface area (Å²) in [5.41, 5.74) is 12.2. The first-order valence-electron chi connectivity index (χ1n) is 5.05. The molecular formula is C12H12N2O3. The molecule has 0 bridgehead atoms. The summed E-state index contributed by atoms with van der Waals surface area (Å²) in [6.07, 6.45) is 0. The summed E-state index contributed by atoms with van der Waals surface area (Å²) in [5.74, 6) is -0.566. The Morgan fingerprint density at radius 1 is 1.12 bits per heavy atom. The minimum absolute atomic E-state index is 0.174. The third-order valence-corrected chi connectivity index (χ3v) is 2.83. The molecule has 0 fully saturated rings. The molecule has 5 heteroatoms. The van der Waals surface area contributed by atoms with Crippen molar-refractivity contribution in [3.05, 3.63) is 34.6 Å². The van der Waals surface area contributed by atoms with Crippen LogP contribution in [0.25, 0.3) is 11.0 Å². The number of primary amides is 2. The van der Waals surface area contributed by atoms with E-state index in [2.05, 4.69) is 0 Å². The Kier molecular flexibility index (Phi) is 2.38. The molecule has 88 valence electrons. The fraction of sp³-hybridized carbons (Fsp3) is 0.167. The van der Waals surface area contributed by atoms with Crippen LogP contribution < -0.4 is 11.5 Å². The van der Waals surface area contributed by atoms with Crippen LogP contribution >= 0.6 is 0 Å². The first kappa shape index (κ1) is 11.2. The van der Waals surface area contributed by atoms with Crippen molar-refractivity contribution in [1.82, 2.24) is 0 Å². The zero-order chi connectivity index (χ0) is 12.7. The predicted molar refractivity (Wildman–Crippen MR) is 62.7 cm³/mol. The Balaban J connectivity index is 2.91. The first-order valence-corrected chi connectivity index (χ1v) is 5.05. The Morgan fingerprint density at radius 3 is 2.29 bits per heavy atom. The Bertz CT molecular complexity index is 641. The van der Waals surface area contributed by atoms with Crippen LogP contribution in [0, 0.1) is 13.8 Å². The van der Waals surface area contributed by atoms with Gasteiger partial charge in [-0.2, -0.15) is 0 Å². The molecule has 1 heterocycles. The highest BCUT2D eigenvalue weighted by Crippen LogP contribution is 2.28. The smallest absolute Gasteiger partial charge is 0.252 e. The second-order valence-corrected chi connectivity index (χ2v) is 3.91. The SMILES string of the molecule is Cc1oc2c(C(N)=O)cc(C(N)=O)cc2c1C. The van der Waals surface area contributed by atoms with Gasteiger partial charge in [-0.15, -0.1) is 0 Å². The topological polar surface area (TPSA) is 99.3 Å². The molecule has 0 spiro atoms. The minimum atomic E-state index is -0.646. The summed E-state index contributed by atoms with van der Waals surface area (Å²) < 4.78 is 5.47. The Labute approximate surface area is 97.4 Å². The lowest BCUT2D eigenvalue weighted by Gasteiger charge is -2.01. The molecule has 0 saturated heterocycles. The van der Waals surface area contributed by atoms with Crippen LogP contribution in [-0.2, 0) is 0 Å². The fourth-order valence-corrected chi connectivity index (χ4v) is 1.76. The van der Waals surface area contributed by atoms with E-state index in [1.54, 1.807) is 13.0 Å². The molecule has 0 aliphatic rings. The highest BCUT2D eigenvalue weighted by Gasteiger charge is 2.17. The van der Waals surface area contributed by atoms with E-state index in [0.29, 0.717) is 16.7 Å². The van der Waals surface area contributed by atoms with Crippen molar-refractivity contribution in [1.29, 1.82) is 0 Å². The summed E-state index contributed by atoms with van der Waals surface area (Å²) in [6, 6.07) is 2.96. The largest absolute Gasteiger partial charge is 0.460 e. The van der Waals surface area contributed by atoms with Crippen LogP contribution in [0.3, 0.4) is 0 Å². The van der Waals surface area contributed by atoms with Gasteiger partial charge in [-0.3, -0.25) is 9.59 Å². The van der Waals surface area contributed by atoms with E-state index in [1.807, 2.05) is 6.92 Å². The molecule has 0 unspecified atom stereocenters. The number of amides is 2. The van der Waals surface area contributed by atoms with Crippen LogP contribution in [-0.4, -0.2) is 11.8 Å². The lowest BCUT2D eigenvalue weighted by Crippen LogP contribution is -2.15. The number of hydrogen-bond acceptors (Lipinski definition) is 3. The maximum Gasteiger partial charge on any atom is 0.252 e. The van der Waals surface area contributed by atoms with Crippen molar-refractivity contribution >= 4 is 22.8 Å². The van der Waals surface area contributed by atoms with Gasteiger partial charge in [0.2, 0.25) is 5.91 Å². The van der Waals surface area contributed by atoms with Crippen molar-refractivity contribution in [2.45, 2.75) is 13.8 Å². The number of nitrogens with two attached hydrogens (primary N) is 2. The van der Waals surface area contributed by atoms with Crippen molar-refractivity contribution in [3.63, 3.8) is 0 Å². The third kappa shape index (κ3) is 1.65. The van der Waals surface area contributed by atoms with E-state index < -0.39 is 11.8 Å². The van der Waals surface area contributed by atoms with Crippen LogP contribution in [0.2, 0.25) is 0 Å². The zero-order valence-corrected chi connectivity index (χ0v) is 9.53. The third-order valence-electron chi connectivity index (χ3n) is 2.83. The summed E-state index contributed by atoms with van der Waals surface area (Å²) in [6.45, 7) is 3.63. The van der Waals surface area contributed by atoms with E-state index in [4.69, 9.17) is 15.9 Å². The second-order valence-electron chi connectivity index (χ2n) is 3.91. The maximum atomic E-state index is 11.3. The van der Waals surface area contributed by atoms with Crippen LogP contribution in [0.5, 0.6) is 0 Å². The highest BCUT2D eigenvalue weighted by atomic mass is 16.3. The first-order chi connectivity index (χ1) is 7.91. The molecule has 5 nitrogen and oxygen atoms in total. The van der Waals surface area contributed by atoms with Crippen molar-refractivity contribution < 1.29 is 14.0 Å². The van der Waals surface area contributed by atoms with Gasteiger partial charge >= 0.3 is 0 Å². The molecular weight excluding hydrogens is 220 g/mol. The zero-order valence-electron chi connectivity index (χ0n) is 9.53. The number of benzene rings is 1. The van der Waals surface area contributed by atoms with Gasteiger partial charge in [-0.25, -0.2) is 0 Å². The quantitative estimate of drug-likeness (QED) is 0.814. The van der Waals surface area contributed by atoms with E-state index in [9.17, 15) is 9.59 Å². The number of hydrogen-bond donors (Lipinski definition) is 2. The van der Waals surface area contributed by atoms with Crippen molar-refractivity contribution in [2.24, 2.45) is 11.5 Å². The molecule has 0 aliphatic heterocycles. The summed E-state index contributed by atoms with van der Waals surface area (Å²) >= 11 is 0. The Morgan fingerprint density at radius 2 is 1.76 bits per heavy atom. The lowest BCUT2D eigenvalue weighted by molar-refractivity contribution is 0.0999. The van der Waals surface area contributed by atoms with Gasteiger partial charge in [0.15, 0.2) is 0 Å². The number of carbonyl (C=O) groups is 2. The van der Waals surface area contributed by atoms with E-state index >= 15 is 0 Å². The van der Waals surface area contributed by atoms with Crippen LogP contribution in [0.4, 0.5) is 0 Å². The summed E-state index contributed by atoms with van der Waals surface area (Å²) in [5, 5.41) is 0.688. The highest BCUT2D eigenvalue weighted by molar-refractivity contribution is 6.08. The summed E-state index contributed by atoms with van der Waals surface area (Å²) in [7, 11) is 0. The van der Waals surface area contributed by atoms with Crippen LogP contribution in [0.15, 0.2) is 16.5 Å². The molecule has 0 saturated carbocycles. The van der Waals surface area contributed by atoms with E-state index in [-0.39, 0.29) is 11.1 Å². The molecule has 0 atom stereocenters. The molecule has 2 rings (SSSR count). The van der Waals surface area contributed by atoms with Gasteiger partial charge in [0.1, 0.15) is 11.3 Å². The minimum Gasteiger partial charge on any atom is -0.460 e. The molecule has 2 aromatic rings. The monoisotopic (exact) mass is 232 g/mol. The predicted octanol–water partition coefficient (Wildman–Crippen LogP) is 1.25. The lowest BCUT2D eigenvalue weighted by atomic mass is 10.0. The number of rotatable bonds is 2.